The van der Waals surface area contributed by atoms with Crippen LogP contribution in [0.4, 0.5) is 8.78 Å². The second kappa shape index (κ2) is 6.85. The Labute approximate surface area is 135 Å². The molecule has 6 nitrogen and oxygen atoms in total. The molecule has 2 aromatic carbocycles. The molecular weight excluding hydrogens is 344 g/mol. The third-order valence-corrected chi connectivity index (χ3v) is 3.88. The van der Waals surface area contributed by atoms with Gasteiger partial charge in [-0.25, -0.2) is 27.1 Å². The van der Waals surface area contributed by atoms with Gasteiger partial charge in [-0.3, -0.25) is 4.79 Å². The minimum atomic E-state index is -4.14. The zero-order chi connectivity index (χ0) is 17.9. The number of ether oxygens (including phenoxy) is 1. The molecule has 0 spiro atoms. The van der Waals surface area contributed by atoms with E-state index in [1.165, 1.54) is 12.1 Å². The molecule has 2 N–H and O–H groups in total. The number of nitrogens with two attached hydrogens (primary N) is 1. The van der Waals surface area contributed by atoms with Gasteiger partial charge in [0.2, 0.25) is 10.0 Å². The fraction of sp³-hybridized carbons (Fsp3) is 0.0667. The molecular formula is C15H11F2NO5S. The molecule has 24 heavy (non-hydrogen) atoms. The standard InChI is InChI=1S/C15H11F2NO5S/c16-10-3-1-2-9(6-10)14(19)8-23-15(20)12-7-11(24(18,21)22)4-5-13(12)17/h1-7H,8H2,(H2,18,21,22). The van der Waals surface area contributed by atoms with E-state index in [-0.39, 0.29) is 5.56 Å². The Morgan fingerprint density at radius 2 is 1.79 bits per heavy atom. The number of sulfonamides is 1. The molecule has 0 aliphatic carbocycles. The molecule has 0 atom stereocenters. The maximum atomic E-state index is 13.6. The Hall–Kier alpha value is -2.65. The Balaban J connectivity index is 2.14. The number of carbonyl (C=O) groups is 2. The molecule has 0 saturated carbocycles. The first-order valence-electron chi connectivity index (χ1n) is 6.47. The van der Waals surface area contributed by atoms with Crippen molar-refractivity contribution in [3.05, 3.63) is 65.2 Å². The van der Waals surface area contributed by atoms with Crippen LogP contribution in [-0.4, -0.2) is 26.8 Å². The number of benzene rings is 2. The molecule has 0 amide bonds. The van der Waals surface area contributed by atoms with Crippen LogP contribution in [-0.2, 0) is 14.8 Å². The highest BCUT2D eigenvalue weighted by atomic mass is 32.2. The van der Waals surface area contributed by atoms with Crippen molar-refractivity contribution >= 4 is 21.8 Å². The number of esters is 1. The SMILES string of the molecule is NS(=O)(=O)c1ccc(F)c(C(=O)OCC(=O)c2cccc(F)c2)c1. The highest BCUT2D eigenvalue weighted by molar-refractivity contribution is 7.89. The first-order chi connectivity index (χ1) is 11.2. The lowest BCUT2D eigenvalue weighted by molar-refractivity contribution is 0.0469. The summed E-state index contributed by atoms with van der Waals surface area (Å²) in [5.41, 5.74) is -0.713. The fourth-order valence-corrected chi connectivity index (χ4v) is 2.33. The number of primary sulfonamides is 1. The van der Waals surface area contributed by atoms with E-state index in [4.69, 9.17) is 5.14 Å². The van der Waals surface area contributed by atoms with Crippen molar-refractivity contribution in [2.24, 2.45) is 5.14 Å². The predicted octanol–water partition coefficient (Wildman–Crippen LogP) is 1.65. The summed E-state index contributed by atoms with van der Waals surface area (Å²) in [5, 5.41) is 4.90. The van der Waals surface area contributed by atoms with Crippen LogP contribution >= 0.6 is 0 Å². The predicted molar refractivity (Wildman–Crippen MR) is 78.8 cm³/mol. The molecule has 0 aliphatic rings. The molecule has 126 valence electrons. The normalized spacial score (nSPS) is 11.1. The number of rotatable bonds is 5. The lowest BCUT2D eigenvalue weighted by atomic mass is 10.1. The molecule has 0 saturated heterocycles. The van der Waals surface area contributed by atoms with Crippen LogP contribution in [0.25, 0.3) is 0 Å². The van der Waals surface area contributed by atoms with Crippen molar-refractivity contribution in [2.75, 3.05) is 6.61 Å². The zero-order valence-corrected chi connectivity index (χ0v) is 12.8. The lowest BCUT2D eigenvalue weighted by Crippen LogP contribution is -2.17. The smallest absolute Gasteiger partial charge is 0.341 e. The van der Waals surface area contributed by atoms with Crippen LogP contribution < -0.4 is 5.14 Å². The van der Waals surface area contributed by atoms with Crippen LogP contribution in [0.2, 0.25) is 0 Å². The van der Waals surface area contributed by atoms with Crippen LogP contribution in [0.5, 0.6) is 0 Å². The lowest BCUT2D eigenvalue weighted by Gasteiger charge is -2.07. The average molecular weight is 355 g/mol. The summed E-state index contributed by atoms with van der Waals surface area (Å²) in [6, 6.07) is 7.06. The fourth-order valence-electron chi connectivity index (χ4n) is 1.79. The van der Waals surface area contributed by atoms with E-state index in [9.17, 15) is 26.8 Å². The maximum Gasteiger partial charge on any atom is 0.341 e. The minimum absolute atomic E-state index is 0.0263. The van der Waals surface area contributed by atoms with E-state index in [1.54, 1.807) is 0 Å². The summed E-state index contributed by atoms with van der Waals surface area (Å²) < 4.78 is 53.7. The highest BCUT2D eigenvalue weighted by Crippen LogP contribution is 2.15. The first kappa shape index (κ1) is 17.7. The van der Waals surface area contributed by atoms with Gasteiger partial charge in [-0.15, -0.1) is 0 Å². The summed E-state index contributed by atoms with van der Waals surface area (Å²) in [6.07, 6.45) is 0. The summed E-state index contributed by atoms with van der Waals surface area (Å²) in [5.74, 6) is -3.63. The van der Waals surface area contributed by atoms with Gasteiger partial charge in [-0.05, 0) is 30.3 Å². The largest absolute Gasteiger partial charge is 0.454 e. The van der Waals surface area contributed by atoms with Crippen LogP contribution in [0.15, 0.2) is 47.4 Å². The number of ketones is 1. The van der Waals surface area contributed by atoms with Crippen LogP contribution in [0.1, 0.15) is 20.7 Å². The van der Waals surface area contributed by atoms with Crippen molar-refractivity contribution in [3.8, 4) is 0 Å². The van der Waals surface area contributed by atoms with Gasteiger partial charge in [-0.1, -0.05) is 12.1 Å². The second-order valence-electron chi connectivity index (χ2n) is 4.70. The van der Waals surface area contributed by atoms with Gasteiger partial charge in [0.1, 0.15) is 11.6 Å². The quantitative estimate of drug-likeness (QED) is 0.649. The third-order valence-electron chi connectivity index (χ3n) is 2.97. The van der Waals surface area contributed by atoms with Gasteiger partial charge in [0, 0.05) is 5.56 Å². The monoisotopic (exact) mass is 355 g/mol. The molecule has 0 fully saturated rings. The molecule has 0 heterocycles. The molecule has 0 aliphatic heterocycles. The summed E-state index contributed by atoms with van der Waals surface area (Å²) in [6.45, 7) is -0.763. The van der Waals surface area contributed by atoms with Crippen molar-refractivity contribution in [1.82, 2.24) is 0 Å². The second-order valence-corrected chi connectivity index (χ2v) is 6.26. The Morgan fingerprint density at radius 1 is 1.08 bits per heavy atom. The number of Topliss-reactive ketones (excluding diaryl/α,β-unsaturated/α-hetero) is 1. The van der Waals surface area contributed by atoms with E-state index < -0.39 is 50.5 Å². The molecule has 0 radical (unpaired) electrons. The molecule has 2 aromatic rings. The number of hydrogen-bond acceptors (Lipinski definition) is 5. The Kier molecular flexibility index (Phi) is 5.05. The summed E-state index contributed by atoms with van der Waals surface area (Å²) in [4.78, 5) is 23.1. The summed E-state index contributed by atoms with van der Waals surface area (Å²) >= 11 is 0. The maximum absolute atomic E-state index is 13.6. The van der Waals surface area contributed by atoms with E-state index in [1.807, 2.05) is 0 Å². The van der Waals surface area contributed by atoms with E-state index in [0.29, 0.717) is 6.07 Å². The van der Waals surface area contributed by atoms with Crippen molar-refractivity contribution in [1.29, 1.82) is 0 Å². The van der Waals surface area contributed by atoms with Gasteiger partial charge >= 0.3 is 5.97 Å². The van der Waals surface area contributed by atoms with Crippen molar-refractivity contribution < 1.29 is 31.5 Å². The van der Waals surface area contributed by atoms with Gasteiger partial charge in [0.25, 0.3) is 0 Å². The molecule has 9 heteroatoms. The number of halogens is 2. The molecule has 2 rings (SSSR count). The Bertz CT molecular complexity index is 912. The van der Waals surface area contributed by atoms with Gasteiger partial charge in [-0.2, -0.15) is 0 Å². The Morgan fingerprint density at radius 3 is 2.42 bits per heavy atom. The van der Waals surface area contributed by atoms with Crippen molar-refractivity contribution in [3.63, 3.8) is 0 Å². The molecule has 0 aromatic heterocycles. The van der Waals surface area contributed by atoms with Gasteiger partial charge in [0.15, 0.2) is 12.4 Å². The average Bonchev–Trinajstić information content (AvgIpc) is 2.51. The highest BCUT2D eigenvalue weighted by Gasteiger charge is 2.19. The molecule has 0 unspecified atom stereocenters. The number of carbonyl (C=O) groups excluding carboxylic acids is 2. The zero-order valence-electron chi connectivity index (χ0n) is 12.0. The first-order valence-corrected chi connectivity index (χ1v) is 8.01. The van der Waals surface area contributed by atoms with Crippen LogP contribution in [0, 0.1) is 11.6 Å². The van der Waals surface area contributed by atoms with E-state index in [0.717, 1.165) is 24.3 Å². The van der Waals surface area contributed by atoms with Gasteiger partial charge in [0.05, 0.1) is 10.5 Å². The topological polar surface area (TPSA) is 104 Å². The summed E-state index contributed by atoms with van der Waals surface area (Å²) in [7, 11) is -4.14. The van der Waals surface area contributed by atoms with Crippen LogP contribution in [0.3, 0.4) is 0 Å². The van der Waals surface area contributed by atoms with E-state index in [2.05, 4.69) is 4.74 Å². The minimum Gasteiger partial charge on any atom is -0.454 e. The van der Waals surface area contributed by atoms with Gasteiger partial charge < -0.3 is 4.74 Å². The third kappa shape index (κ3) is 4.21. The number of hydrogen-bond donors (Lipinski definition) is 1. The van der Waals surface area contributed by atoms with E-state index >= 15 is 0 Å². The molecule has 0 bridgehead atoms. The van der Waals surface area contributed by atoms with Crippen molar-refractivity contribution in [2.45, 2.75) is 4.90 Å².